The van der Waals surface area contributed by atoms with Gasteiger partial charge >= 0.3 is 0 Å². The van der Waals surface area contributed by atoms with Gasteiger partial charge < -0.3 is 4.98 Å². The standard InChI is InChI=1S/C10H9N3S/c14-7-13-12-6-8-5-11-10-4-2-1-3-9(8)10/h1-7,11H,(H,13,14)/b12-6+. The second-order valence-electron chi connectivity index (χ2n) is 2.79. The normalized spacial score (nSPS) is 10.9. The van der Waals surface area contributed by atoms with E-state index in [0.29, 0.717) is 0 Å². The first-order valence-electron chi connectivity index (χ1n) is 4.20. The number of hydrazone groups is 1. The minimum absolute atomic E-state index is 1.05. The van der Waals surface area contributed by atoms with Crippen LogP contribution in [0.25, 0.3) is 10.9 Å². The fourth-order valence-corrected chi connectivity index (χ4v) is 1.40. The Hall–Kier alpha value is -1.68. The summed E-state index contributed by atoms with van der Waals surface area (Å²) in [5.74, 6) is 0. The van der Waals surface area contributed by atoms with Gasteiger partial charge in [0.15, 0.2) is 0 Å². The van der Waals surface area contributed by atoms with Gasteiger partial charge in [-0.1, -0.05) is 30.4 Å². The second kappa shape index (κ2) is 4.02. The predicted molar refractivity (Wildman–Crippen MR) is 62.7 cm³/mol. The van der Waals surface area contributed by atoms with E-state index >= 15 is 0 Å². The minimum atomic E-state index is 1.05. The smallest absolute Gasteiger partial charge is 0.0829 e. The summed E-state index contributed by atoms with van der Waals surface area (Å²) >= 11 is 4.59. The summed E-state index contributed by atoms with van der Waals surface area (Å²) in [4.78, 5) is 3.16. The molecule has 0 atom stereocenters. The van der Waals surface area contributed by atoms with Crippen LogP contribution in [0.15, 0.2) is 35.6 Å². The van der Waals surface area contributed by atoms with Gasteiger partial charge in [0.1, 0.15) is 0 Å². The van der Waals surface area contributed by atoms with Gasteiger partial charge in [0, 0.05) is 22.7 Å². The number of aromatic nitrogens is 1. The Morgan fingerprint density at radius 3 is 3.07 bits per heavy atom. The van der Waals surface area contributed by atoms with Crippen molar-refractivity contribution in [2.24, 2.45) is 5.10 Å². The molecule has 0 radical (unpaired) electrons. The number of aromatic amines is 1. The molecule has 3 nitrogen and oxygen atoms in total. The lowest BCUT2D eigenvalue weighted by Gasteiger charge is -1.90. The molecule has 1 aromatic carbocycles. The molecule has 0 saturated heterocycles. The van der Waals surface area contributed by atoms with Gasteiger partial charge in [-0.3, -0.25) is 5.43 Å². The Morgan fingerprint density at radius 1 is 1.36 bits per heavy atom. The summed E-state index contributed by atoms with van der Waals surface area (Å²) in [5.41, 5.74) is 6.12. The Kier molecular flexibility index (Phi) is 2.55. The van der Waals surface area contributed by atoms with Gasteiger partial charge in [0.05, 0.1) is 11.7 Å². The van der Waals surface area contributed by atoms with Crippen LogP contribution >= 0.6 is 12.2 Å². The molecule has 1 heterocycles. The van der Waals surface area contributed by atoms with Crippen molar-refractivity contribution in [1.29, 1.82) is 0 Å². The number of benzene rings is 1. The van der Waals surface area contributed by atoms with Crippen LogP contribution in [0.2, 0.25) is 0 Å². The van der Waals surface area contributed by atoms with Crippen LogP contribution in [0.5, 0.6) is 0 Å². The molecule has 2 rings (SSSR count). The first-order valence-corrected chi connectivity index (χ1v) is 4.67. The third kappa shape index (κ3) is 1.65. The lowest BCUT2D eigenvalue weighted by molar-refractivity contribution is 1.08. The summed E-state index contributed by atoms with van der Waals surface area (Å²) in [6, 6.07) is 8.07. The first kappa shape index (κ1) is 8.90. The van der Waals surface area contributed by atoms with Gasteiger partial charge in [-0.2, -0.15) is 5.10 Å². The predicted octanol–water partition coefficient (Wildman–Crippen LogP) is 2.05. The SMILES string of the molecule is S=CN/N=C/c1c[nH]c2ccccc12. The zero-order valence-corrected chi connectivity index (χ0v) is 8.21. The van der Waals surface area contributed by atoms with Crippen LogP contribution in [0.4, 0.5) is 0 Å². The molecule has 0 fully saturated rings. The van der Waals surface area contributed by atoms with E-state index < -0.39 is 0 Å². The quantitative estimate of drug-likeness (QED) is 0.455. The van der Waals surface area contributed by atoms with Crippen LogP contribution in [-0.2, 0) is 0 Å². The summed E-state index contributed by atoms with van der Waals surface area (Å²) in [6.45, 7) is 0. The van der Waals surface area contributed by atoms with Crippen molar-refractivity contribution in [1.82, 2.24) is 10.4 Å². The van der Waals surface area contributed by atoms with Crippen LogP contribution in [0.1, 0.15) is 5.56 Å². The van der Waals surface area contributed by atoms with E-state index in [2.05, 4.69) is 27.7 Å². The van der Waals surface area contributed by atoms with Crippen molar-refractivity contribution in [2.75, 3.05) is 0 Å². The lowest BCUT2D eigenvalue weighted by Crippen LogP contribution is -1.98. The van der Waals surface area contributed by atoms with Crippen molar-refractivity contribution >= 4 is 34.8 Å². The Morgan fingerprint density at radius 2 is 2.21 bits per heavy atom. The van der Waals surface area contributed by atoms with Crippen LogP contribution in [0, 0.1) is 0 Å². The summed E-state index contributed by atoms with van der Waals surface area (Å²) in [5, 5.41) is 5.08. The van der Waals surface area contributed by atoms with Crippen LogP contribution in [0.3, 0.4) is 0 Å². The Labute approximate surface area is 86.8 Å². The maximum Gasteiger partial charge on any atom is 0.0829 e. The lowest BCUT2D eigenvalue weighted by atomic mass is 10.2. The molecule has 0 aliphatic carbocycles. The zero-order chi connectivity index (χ0) is 9.80. The average molecular weight is 203 g/mol. The van der Waals surface area contributed by atoms with E-state index in [9.17, 15) is 0 Å². The highest BCUT2D eigenvalue weighted by Crippen LogP contribution is 2.15. The molecule has 2 aromatic rings. The maximum absolute atomic E-state index is 4.59. The molecule has 0 aliphatic heterocycles. The van der Waals surface area contributed by atoms with Crippen molar-refractivity contribution in [3.8, 4) is 0 Å². The Balaban J connectivity index is 2.38. The number of nitrogens with one attached hydrogen (secondary N) is 2. The maximum atomic E-state index is 4.59. The highest BCUT2D eigenvalue weighted by atomic mass is 32.1. The molecule has 2 N–H and O–H groups in total. The molecule has 0 bridgehead atoms. The molecule has 0 spiro atoms. The molecule has 70 valence electrons. The Bertz CT molecular complexity index is 473. The third-order valence-corrected chi connectivity index (χ3v) is 2.06. The second-order valence-corrected chi connectivity index (χ2v) is 3.03. The molecule has 1 aromatic heterocycles. The van der Waals surface area contributed by atoms with Crippen LogP contribution in [-0.4, -0.2) is 16.7 Å². The number of thiocarbonyl (C=S) groups is 1. The van der Waals surface area contributed by atoms with Crippen molar-refractivity contribution in [3.05, 3.63) is 36.0 Å². The topological polar surface area (TPSA) is 40.2 Å². The number of rotatable bonds is 3. The highest BCUT2D eigenvalue weighted by molar-refractivity contribution is 7.78. The van der Waals surface area contributed by atoms with E-state index in [-0.39, 0.29) is 0 Å². The van der Waals surface area contributed by atoms with Gasteiger partial charge in [-0.15, -0.1) is 0 Å². The largest absolute Gasteiger partial charge is 0.361 e. The van der Waals surface area contributed by atoms with E-state index in [1.807, 2.05) is 30.5 Å². The van der Waals surface area contributed by atoms with Gasteiger partial charge in [-0.05, 0) is 6.07 Å². The fraction of sp³-hybridized carbons (Fsp3) is 0. The number of H-pyrrole nitrogens is 1. The zero-order valence-electron chi connectivity index (χ0n) is 7.40. The van der Waals surface area contributed by atoms with Crippen molar-refractivity contribution in [3.63, 3.8) is 0 Å². The molecule has 14 heavy (non-hydrogen) atoms. The van der Waals surface area contributed by atoms with Gasteiger partial charge in [0.25, 0.3) is 0 Å². The van der Waals surface area contributed by atoms with E-state index in [4.69, 9.17) is 0 Å². The van der Waals surface area contributed by atoms with E-state index in [1.54, 1.807) is 6.21 Å². The third-order valence-electron chi connectivity index (χ3n) is 1.95. The number of fused-ring (bicyclic) bond motifs is 1. The molecule has 0 aliphatic rings. The summed E-state index contributed by atoms with van der Waals surface area (Å²) < 4.78 is 0. The molecule has 4 heteroatoms. The van der Waals surface area contributed by atoms with Gasteiger partial charge in [-0.25, -0.2) is 0 Å². The van der Waals surface area contributed by atoms with Gasteiger partial charge in [0.2, 0.25) is 0 Å². The molecule has 0 saturated carbocycles. The summed E-state index contributed by atoms with van der Waals surface area (Å²) in [7, 11) is 0. The number of nitrogens with zero attached hydrogens (tertiary/aromatic N) is 1. The van der Waals surface area contributed by atoms with Crippen LogP contribution < -0.4 is 5.43 Å². The molecular weight excluding hydrogens is 194 g/mol. The molecule has 0 unspecified atom stereocenters. The monoisotopic (exact) mass is 203 g/mol. The number of hydrogen-bond acceptors (Lipinski definition) is 2. The van der Waals surface area contributed by atoms with Crippen molar-refractivity contribution in [2.45, 2.75) is 0 Å². The average Bonchev–Trinajstić information content (AvgIpc) is 2.63. The first-order chi connectivity index (χ1) is 6.92. The molecular formula is C10H9N3S. The fourth-order valence-electron chi connectivity index (χ4n) is 1.34. The van der Waals surface area contributed by atoms with Crippen molar-refractivity contribution < 1.29 is 0 Å². The van der Waals surface area contributed by atoms with E-state index in [0.717, 1.165) is 16.5 Å². The summed E-state index contributed by atoms with van der Waals surface area (Å²) in [6.07, 6.45) is 3.65. The van der Waals surface area contributed by atoms with E-state index in [1.165, 1.54) is 5.49 Å². The molecule has 0 amide bonds. The number of para-hydroxylation sites is 1. The highest BCUT2D eigenvalue weighted by Gasteiger charge is 1.98. The number of hydrogen-bond donors (Lipinski definition) is 2. The minimum Gasteiger partial charge on any atom is -0.361 e.